The van der Waals surface area contributed by atoms with Gasteiger partial charge in [0, 0.05) is 6.42 Å². The minimum atomic E-state index is -4.23. The van der Waals surface area contributed by atoms with Gasteiger partial charge in [0.1, 0.15) is 6.17 Å². The van der Waals surface area contributed by atoms with E-state index in [2.05, 4.69) is 6.92 Å². The van der Waals surface area contributed by atoms with Gasteiger partial charge in [0.05, 0.1) is 4.90 Å². The van der Waals surface area contributed by atoms with Crippen molar-refractivity contribution in [1.82, 2.24) is 0 Å². The Kier molecular flexibility index (Phi) is 8.04. The average Bonchev–Trinajstić information content (AvgIpc) is 2.44. The average molecular weight is 330 g/mol. The highest BCUT2D eigenvalue weighted by Gasteiger charge is 2.14. The molecule has 0 aliphatic carbocycles. The van der Waals surface area contributed by atoms with Crippen molar-refractivity contribution in [2.45, 2.75) is 76.3 Å². The maximum absolute atomic E-state index is 14.1. The first kappa shape index (κ1) is 19.1. The number of hydrogen-bond donors (Lipinski definition) is 1. The molecule has 0 fully saturated rings. The first-order valence-electron chi connectivity index (χ1n) is 8.05. The summed E-state index contributed by atoms with van der Waals surface area (Å²) in [7, 11) is -4.23. The van der Waals surface area contributed by atoms with Crippen molar-refractivity contribution in [3.8, 4) is 0 Å². The molecular formula is C17H27FO3S. The third kappa shape index (κ3) is 6.88. The van der Waals surface area contributed by atoms with Crippen LogP contribution in [0.25, 0.3) is 0 Å². The molecule has 3 nitrogen and oxygen atoms in total. The van der Waals surface area contributed by atoms with E-state index in [1.54, 1.807) is 6.07 Å². The van der Waals surface area contributed by atoms with Gasteiger partial charge in [0.2, 0.25) is 0 Å². The van der Waals surface area contributed by atoms with Gasteiger partial charge in [-0.15, -0.1) is 0 Å². The largest absolute Gasteiger partial charge is 0.294 e. The van der Waals surface area contributed by atoms with E-state index >= 15 is 0 Å². The maximum atomic E-state index is 14.1. The van der Waals surface area contributed by atoms with Crippen LogP contribution in [0.3, 0.4) is 0 Å². The molecule has 0 spiro atoms. The number of rotatable bonds is 10. The van der Waals surface area contributed by atoms with Gasteiger partial charge in [-0.3, -0.25) is 4.55 Å². The maximum Gasteiger partial charge on any atom is 0.294 e. The topological polar surface area (TPSA) is 54.4 Å². The molecule has 0 aliphatic rings. The van der Waals surface area contributed by atoms with Crippen LogP contribution >= 0.6 is 0 Å². The predicted octanol–water partition coefficient (Wildman–Crippen LogP) is 4.87. The number of alkyl halides is 1. The number of aryl methyl sites for hydroxylation is 1. The van der Waals surface area contributed by atoms with Crippen LogP contribution in [0.5, 0.6) is 0 Å². The second-order valence-corrected chi connectivity index (χ2v) is 7.34. The third-order valence-electron chi connectivity index (χ3n) is 3.93. The van der Waals surface area contributed by atoms with Crippen molar-refractivity contribution in [3.05, 3.63) is 29.3 Å². The highest BCUT2D eigenvalue weighted by atomic mass is 32.2. The molecule has 1 aromatic rings. The van der Waals surface area contributed by atoms with E-state index in [1.165, 1.54) is 31.4 Å². The van der Waals surface area contributed by atoms with Gasteiger partial charge in [-0.2, -0.15) is 8.42 Å². The van der Waals surface area contributed by atoms with Crippen molar-refractivity contribution in [2.75, 3.05) is 0 Å². The molecule has 126 valence electrons. The standard InChI is InChI=1S/C17H27FO3S/c1-3-4-5-6-7-8-9-16(18)12-15-13-17(22(19,20)21)11-10-14(15)2/h10-11,13,16H,3-9,12H2,1-2H3,(H,19,20,21). The Hall–Kier alpha value is -0.940. The SMILES string of the molecule is CCCCCCCCC(F)Cc1cc(S(=O)(=O)O)ccc1C. The molecular weight excluding hydrogens is 303 g/mol. The van der Waals surface area contributed by atoms with Gasteiger partial charge in [-0.05, 0) is 36.6 Å². The molecule has 0 heterocycles. The van der Waals surface area contributed by atoms with Crippen LogP contribution in [0.4, 0.5) is 4.39 Å². The Balaban J connectivity index is 2.48. The first-order valence-corrected chi connectivity index (χ1v) is 9.49. The third-order valence-corrected chi connectivity index (χ3v) is 4.78. The van der Waals surface area contributed by atoms with E-state index in [0.29, 0.717) is 12.0 Å². The zero-order chi connectivity index (χ0) is 16.6. The quantitative estimate of drug-likeness (QED) is 0.492. The van der Waals surface area contributed by atoms with Crippen LogP contribution in [0.2, 0.25) is 0 Å². The van der Waals surface area contributed by atoms with Gasteiger partial charge in [-0.1, -0.05) is 51.5 Å². The van der Waals surface area contributed by atoms with E-state index in [0.717, 1.165) is 24.8 Å². The number of hydrogen-bond acceptors (Lipinski definition) is 2. The zero-order valence-corrected chi connectivity index (χ0v) is 14.3. The molecule has 22 heavy (non-hydrogen) atoms. The summed E-state index contributed by atoms with van der Waals surface area (Å²) < 4.78 is 45.4. The molecule has 0 aromatic heterocycles. The summed E-state index contributed by atoms with van der Waals surface area (Å²) in [6.45, 7) is 3.99. The lowest BCUT2D eigenvalue weighted by Crippen LogP contribution is -2.08. The molecule has 5 heteroatoms. The molecule has 0 bridgehead atoms. The Morgan fingerprint density at radius 3 is 2.41 bits per heavy atom. The van der Waals surface area contributed by atoms with E-state index in [9.17, 15) is 12.8 Å². The summed E-state index contributed by atoms with van der Waals surface area (Å²) in [5, 5.41) is 0. The van der Waals surface area contributed by atoms with Crippen LogP contribution in [-0.4, -0.2) is 19.1 Å². The van der Waals surface area contributed by atoms with Crippen LogP contribution in [0.1, 0.15) is 63.0 Å². The first-order chi connectivity index (χ1) is 10.3. The molecule has 1 atom stereocenters. The molecule has 1 unspecified atom stereocenters. The molecule has 0 aliphatic heterocycles. The summed E-state index contributed by atoms with van der Waals surface area (Å²) in [5.74, 6) is 0. The van der Waals surface area contributed by atoms with Crippen LogP contribution in [0, 0.1) is 6.92 Å². The van der Waals surface area contributed by atoms with Crippen LogP contribution in [0.15, 0.2) is 23.1 Å². The zero-order valence-electron chi connectivity index (χ0n) is 13.5. The lowest BCUT2D eigenvalue weighted by Gasteiger charge is -2.11. The van der Waals surface area contributed by atoms with Gasteiger partial charge < -0.3 is 0 Å². The predicted molar refractivity (Wildman–Crippen MR) is 87.6 cm³/mol. The highest BCUT2D eigenvalue weighted by Crippen LogP contribution is 2.20. The summed E-state index contributed by atoms with van der Waals surface area (Å²) in [6.07, 6.45) is 6.44. The van der Waals surface area contributed by atoms with Crippen molar-refractivity contribution in [2.24, 2.45) is 0 Å². The molecule has 0 saturated carbocycles. The number of unbranched alkanes of at least 4 members (excludes halogenated alkanes) is 5. The minimum absolute atomic E-state index is 0.167. The molecule has 0 radical (unpaired) electrons. The van der Waals surface area contributed by atoms with E-state index in [4.69, 9.17) is 4.55 Å². The van der Waals surface area contributed by atoms with E-state index in [-0.39, 0.29) is 11.3 Å². The number of halogens is 1. The summed E-state index contributed by atoms with van der Waals surface area (Å²) in [5.41, 5.74) is 1.49. The smallest absolute Gasteiger partial charge is 0.282 e. The lowest BCUT2D eigenvalue weighted by molar-refractivity contribution is 0.302. The van der Waals surface area contributed by atoms with Crippen LogP contribution < -0.4 is 0 Å². The molecule has 1 N–H and O–H groups in total. The summed E-state index contributed by atoms with van der Waals surface area (Å²) in [6, 6.07) is 4.32. The normalized spacial score (nSPS) is 13.3. The van der Waals surface area contributed by atoms with Crippen molar-refractivity contribution < 1.29 is 17.4 Å². The molecule has 1 rings (SSSR count). The van der Waals surface area contributed by atoms with Crippen molar-refractivity contribution in [3.63, 3.8) is 0 Å². The Labute approximate surface area is 133 Å². The second-order valence-electron chi connectivity index (χ2n) is 5.92. The monoisotopic (exact) mass is 330 g/mol. The molecule has 1 aromatic carbocycles. The fourth-order valence-electron chi connectivity index (χ4n) is 2.52. The Morgan fingerprint density at radius 1 is 1.14 bits per heavy atom. The van der Waals surface area contributed by atoms with Gasteiger partial charge in [-0.25, -0.2) is 4.39 Å². The fourth-order valence-corrected chi connectivity index (χ4v) is 3.05. The number of benzene rings is 1. The van der Waals surface area contributed by atoms with Crippen molar-refractivity contribution >= 4 is 10.1 Å². The summed E-state index contributed by atoms with van der Waals surface area (Å²) in [4.78, 5) is -0.167. The fraction of sp³-hybridized carbons (Fsp3) is 0.647. The Morgan fingerprint density at radius 2 is 1.77 bits per heavy atom. The molecule has 0 saturated heterocycles. The van der Waals surface area contributed by atoms with Gasteiger partial charge >= 0.3 is 0 Å². The van der Waals surface area contributed by atoms with E-state index in [1.807, 2.05) is 6.92 Å². The lowest BCUT2D eigenvalue weighted by atomic mass is 9.99. The minimum Gasteiger partial charge on any atom is -0.282 e. The Bertz CT molecular complexity index is 555. The van der Waals surface area contributed by atoms with E-state index < -0.39 is 16.3 Å². The van der Waals surface area contributed by atoms with Gasteiger partial charge in [0.15, 0.2) is 0 Å². The van der Waals surface area contributed by atoms with Gasteiger partial charge in [0.25, 0.3) is 10.1 Å². The molecule has 0 amide bonds. The highest BCUT2D eigenvalue weighted by molar-refractivity contribution is 7.85. The van der Waals surface area contributed by atoms with Crippen molar-refractivity contribution in [1.29, 1.82) is 0 Å². The second kappa shape index (κ2) is 9.26. The summed E-state index contributed by atoms with van der Waals surface area (Å²) >= 11 is 0. The van der Waals surface area contributed by atoms with Crippen LogP contribution in [-0.2, 0) is 16.5 Å².